The van der Waals surface area contributed by atoms with E-state index in [1.807, 2.05) is 0 Å². The van der Waals surface area contributed by atoms with Gasteiger partial charge < -0.3 is 15.7 Å². The van der Waals surface area contributed by atoms with Gasteiger partial charge in [-0.25, -0.2) is 9.59 Å². The Bertz CT molecular complexity index is 345. The molecule has 0 aliphatic heterocycles. The van der Waals surface area contributed by atoms with Crippen molar-refractivity contribution in [1.29, 1.82) is 0 Å². The Labute approximate surface area is 114 Å². The van der Waals surface area contributed by atoms with E-state index in [1.54, 1.807) is 0 Å². The zero-order valence-corrected chi connectivity index (χ0v) is 11.6. The molecule has 5 nitrogen and oxygen atoms in total. The van der Waals surface area contributed by atoms with Crippen LogP contribution in [0, 0.1) is 11.8 Å². The van der Waals surface area contributed by atoms with Crippen molar-refractivity contribution >= 4 is 12.0 Å². The van der Waals surface area contributed by atoms with Gasteiger partial charge in [-0.3, -0.25) is 0 Å². The van der Waals surface area contributed by atoms with Crippen LogP contribution in [-0.2, 0) is 4.79 Å². The molecule has 0 heterocycles. The minimum atomic E-state index is -1.06. The van der Waals surface area contributed by atoms with Gasteiger partial charge in [0.05, 0.1) is 0 Å². The van der Waals surface area contributed by atoms with Gasteiger partial charge in [-0.1, -0.05) is 13.3 Å². The molecule has 0 spiro atoms. The Morgan fingerprint density at radius 2 is 1.79 bits per heavy atom. The van der Waals surface area contributed by atoms with E-state index in [4.69, 9.17) is 0 Å². The van der Waals surface area contributed by atoms with E-state index in [0.717, 1.165) is 19.3 Å². The van der Waals surface area contributed by atoms with Crippen molar-refractivity contribution in [3.63, 3.8) is 0 Å². The number of aliphatic carboxylic acids is 1. The number of urea groups is 1. The second kappa shape index (κ2) is 5.80. The molecule has 0 aromatic heterocycles. The lowest BCUT2D eigenvalue weighted by Crippen LogP contribution is -2.58. The molecule has 2 saturated carbocycles. The summed E-state index contributed by atoms with van der Waals surface area (Å²) in [4.78, 5) is 23.3. The number of carbonyl (C=O) groups is 2. The van der Waals surface area contributed by atoms with Crippen molar-refractivity contribution in [1.82, 2.24) is 10.6 Å². The van der Waals surface area contributed by atoms with E-state index in [1.165, 1.54) is 12.8 Å². The molecule has 108 valence electrons. The molecule has 0 unspecified atom stereocenters. The molecule has 2 fully saturated rings. The van der Waals surface area contributed by atoms with Gasteiger partial charge in [0.25, 0.3) is 0 Å². The number of carboxylic acid groups (broad SMARTS) is 1. The highest BCUT2D eigenvalue weighted by atomic mass is 16.4. The second-order valence-corrected chi connectivity index (χ2v) is 6.02. The Morgan fingerprint density at radius 1 is 1.16 bits per heavy atom. The van der Waals surface area contributed by atoms with Crippen molar-refractivity contribution in [2.75, 3.05) is 6.54 Å². The maximum absolute atomic E-state index is 11.8. The van der Waals surface area contributed by atoms with Gasteiger partial charge in [0.1, 0.15) is 5.54 Å². The molecule has 0 aromatic carbocycles. The summed E-state index contributed by atoms with van der Waals surface area (Å²) in [7, 11) is 0. The van der Waals surface area contributed by atoms with Crippen LogP contribution in [0.3, 0.4) is 0 Å². The molecule has 2 aliphatic carbocycles. The van der Waals surface area contributed by atoms with Gasteiger partial charge in [0.2, 0.25) is 0 Å². The fraction of sp³-hybridized carbons (Fsp3) is 0.857. The average Bonchev–Trinajstić information content (AvgIpc) is 3.21. The zero-order valence-electron chi connectivity index (χ0n) is 11.6. The summed E-state index contributed by atoms with van der Waals surface area (Å²) >= 11 is 0. The van der Waals surface area contributed by atoms with E-state index >= 15 is 0 Å². The molecule has 2 aliphatic rings. The SMILES string of the molecule is CCC1CCC(NC(=O)NCC2CC2)(C(=O)O)CC1. The fourth-order valence-corrected chi connectivity index (χ4v) is 2.79. The van der Waals surface area contributed by atoms with Gasteiger partial charge in [-0.05, 0) is 50.4 Å². The summed E-state index contributed by atoms with van der Waals surface area (Å²) in [5.41, 5.74) is -1.06. The van der Waals surface area contributed by atoms with Gasteiger partial charge >= 0.3 is 12.0 Å². The molecule has 5 heteroatoms. The van der Waals surface area contributed by atoms with Crippen LogP contribution in [0.25, 0.3) is 0 Å². The fourth-order valence-electron chi connectivity index (χ4n) is 2.79. The molecule has 3 N–H and O–H groups in total. The van der Waals surface area contributed by atoms with Crippen molar-refractivity contribution in [3.05, 3.63) is 0 Å². The van der Waals surface area contributed by atoms with Crippen LogP contribution in [0.1, 0.15) is 51.9 Å². The Morgan fingerprint density at radius 3 is 2.26 bits per heavy atom. The normalized spacial score (nSPS) is 30.7. The van der Waals surface area contributed by atoms with Gasteiger partial charge in [-0.15, -0.1) is 0 Å². The number of rotatable bonds is 5. The molecular weight excluding hydrogens is 244 g/mol. The molecule has 0 radical (unpaired) electrons. The van der Waals surface area contributed by atoms with Crippen LogP contribution in [0.5, 0.6) is 0 Å². The summed E-state index contributed by atoms with van der Waals surface area (Å²) in [5, 5.41) is 14.9. The molecule has 0 bridgehead atoms. The van der Waals surface area contributed by atoms with Crippen LogP contribution in [0.15, 0.2) is 0 Å². The van der Waals surface area contributed by atoms with Crippen LogP contribution in [0.4, 0.5) is 4.79 Å². The number of nitrogens with one attached hydrogen (secondary N) is 2. The van der Waals surface area contributed by atoms with E-state index < -0.39 is 11.5 Å². The average molecular weight is 268 g/mol. The first kappa shape index (κ1) is 14.2. The van der Waals surface area contributed by atoms with Gasteiger partial charge in [0.15, 0.2) is 0 Å². The van der Waals surface area contributed by atoms with Crippen molar-refractivity contribution in [3.8, 4) is 0 Å². The first-order chi connectivity index (χ1) is 9.05. The lowest BCUT2D eigenvalue weighted by Gasteiger charge is -2.37. The number of hydrogen-bond donors (Lipinski definition) is 3. The third kappa shape index (κ3) is 3.61. The monoisotopic (exact) mass is 268 g/mol. The third-order valence-corrected chi connectivity index (χ3v) is 4.55. The number of hydrogen-bond acceptors (Lipinski definition) is 2. The second-order valence-electron chi connectivity index (χ2n) is 6.02. The molecule has 0 aromatic rings. The summed E-state index contributed by atoms with van der Waals surface area (Å²) in [6.45, 7) is 2.80. The Kier molecular flexibility index (Phi) is 4.32. The first-order valence-electron chi connectivity index (χ1n) is 7.35. The van der Waals surface area contributed by atoms with Crippen molar-refractivity contribution < 1.29 is 14.7 Å². The number of carbonyl (C=O) groups excluding carboxylic acids is 1. The molecule has 19 heavy (non-hydrogen) atoms. The highest BCUT2D eigenvalue weighted by molar-refractivity contribution is 5.86. The summed E-state index contributed by atoms with van der Waals surface area (Å²) in [6, 6.07) is -0.329. The highest BCUT2D eigenvalue weighted by Gasteiger charge is 2.43. The predicted molar refractivity (Wildman–Crippen MR) is 71.9 cm³/mol. The minimum Gasteiger partial charge on any atom is -0.480 e. The summed E-state index contributed by atoms with van der Waals surface area (Å²) in [5.74, 6) is 0.301. The first-order valence-corrected chi connectivity index (χ1v) is 7.35. The number of carboxylic acids is 1. The molecule has 0 atom stereocenters. The molecular formula is C14H24N2O3. The predicted octanol–water partition coefficient (Wildman–Crippen LogP) is 2.12. The Balaban J connectivity index is 1.87. The topological polar surface area (TPSA) is 78.4 Å². The van der Waals surface area contributed by atoms with Crippen molar-refractivity contribution in [2.24, 2.45) is 11.8 Å². The smallest absolute Gasteiger partial charge is 0.329 e. The van der Waals surface area contributed by atoms with Crippen LogP contribution >= 0.6 is 0 Å². The van der Waals surface area contributed by atoms with Crippen LogP contribution in [-0.4, -0.2) is 29.2 Å². The van der Waals surface area contributed by atoms with Gasteiger partial charge in [0, 0.05) is 6.54 Å². The molecule has 2 rings (SSSR count). The standard InChI is InChI=1S/C14H24N2O3/c1-2-10-5-7-14(8-6-10,12(17)18)16-13(19)15-9-11-3-4-11/h10-11H,2-9H2,1H3,(H,17,18)(H2,15,16,19). The maximum atomic E-state index is 11.8. The Hall–Kier alpha value is -1.26. The zero-order chi connectivity index (χ0) is 13.9. The molecule has 2 amide bonds. The minimum absolute atomic E-state index is 0.329. The summed E-state index contributed by atoms with van der Waals surface area (Å²) in [6.07, 6.45) is 6.27. The highest BCUT2D eigenvalue weighted by Crippen LogP contribution is 2.34. The van der Waals surface area contributed by atoms with E-state index in [2.05, 4.69) is 17.6 Å². The molecule has 0 saturated heterocycles. The lowest BCUT2D eigenvalue weighted by atomic mass is 9.75. The summed E-state index contributed by atoms with van der Waals surface area (Å²) < 4.78 is 0. The number of amides is 2. The van der Waals surface area contributed by atoms with E-state index in [9.17, 15) is 14.7 Å². The maximum Gasteiger partial charge on any atom is 0.329 e. The van der Waals surface area contributed by atoms with E-state index in [0.29, 0.717) is 31.2 Å². The van der Waals surface area contributed by atoms with E-state index in [-0.39, 0.29) is 6.03 Å². The van der Waals surface area contributed by atoms with Crippen molar-refractivity contribution in [2.45, 2.75) is 57.4 Å². The van der Waals surface area contributed by atoms with Gasteiger partial charge in [-0.2, -0.15) is 0 Å². The lowest BCUT2D eigenvalue weighted by molar-refractivity contribution is -0.146. The van der Waals surface area contributed by atoms with Crippen LogP contribution < -0.4 is 10.6 Å². The third-order valence-electron chi connectivity index (χ3n) is 4.55. The largest absolute Gasteiger partial charge is 0.480 e. The van der Waals surface area contributed by atoms with Crippen LogP contribution in [0.2, 0.25) is 0 Å². The quantitative estimate of drug-likeness (QED) is 0.714.